The van der Waals surface area contributed by atoms with Gasteiger partial charge in [-0.15, -0.1) is 0 Å². The van der Waals surface area contributed by atoms with Gasteiger partial charge in [-0.3, -0.25) is 0 Å². The second kappa shape index (κ2) is 3.91. The van der Waals surface area contributed by atoms with E-state index in [1.165, 1.54) is 5.57 Å². The largest absolute Gasteiger partial charge is 0.212 e. The average Bonchev–Trinajstić information content (AvgIpc) is 2.19. The lowest BCUT2D eigenvalue weighted by atomic mass is 9.86. The molecule has 1 heteroatoms. The van der Waals surface area contributed by atoms with Crippen molar-refractivity contribution >= 4 is 0 Å². The van der Waals surface area contributed by atoms with Crippen molar-refractivity contribution in [2.24, 2.45) is 5.92 Å². The van der Waals surface area contributed by atoms with E-state index < -0.39 is 0 Å². The fraction of sp³-hybridized carbons (Fsp3) is 0.500. The Kier molecular flexibility index (Phi) is 2.62. The molecule has 0 saturated carbocycles. The first kappa shape index (κ1) is 8.74. The molecular weight excluding hydrogens is 163 g/mol. The molecule has 0 aromatic rings. The van der Waals surface area contributed by atoms with Crippen molar-refractivity contribution in [3.8, 4) is 0 Å². The average molecular weight is 178 g/mol. The van der Waals surface area contributed by atoms with Crippen molar-refractivity contribution in [1.29, 1.82) is 0 Å². The van der Waals surface area contributed by atoms with Gasteiger partial charge >= 0.3 is 0 Å². The van der Waals surface area contributed by atoms with Crippen LogP contribution >= 0.6 is 0 Å². The van der Waals surface area contributed by atoms with Crippen LogP contribution < -0.4 is 0 Å². The Labute approximate surface area is 78.8 Å². The highest BCUT2D eigenvalue weighted by Gasteiger charge is 2.16. The fourth-order valence-corrected chi connectivity index (χ4v) is 2.05. The third-order valence-electron chi connectivity index (χ3n) is 2.76. The van der Waals surface area contributed by atoms with E-state index in [9.17, 15) is 4.39 Å². The van der Waals surface area contributed by atoms with Crippen LogP contribution in [0.15, 0.2) is 35.7 Å². The van der Waals surface area contributed by atoms with E-state index in [4.69, 9.17) is 0 Å². The summed E-state index contributed by atoms with van der Waals surface area (Å²) in [7, 11) is 0. The van der Waals surface area contributed by atoms with Crippen molar-refractivity contribution in [2.75, 3.05) is 0 Å². The highest BCUT2D eigenvalue weighted by molar-refractivity contribution is 5.29. The Balaban J connectivity index is 2.11. The number of hydrogen-bond acceptors (Lipinski definition) is 0. The smallest absolute Gasteiger partial charge is 0.0966 e. The van der Waals surface area contributed by atoms with Gasteiger partial charge in [0.2, 0.25) is 0 Å². The molecule has 2 aliphatic rings. The van der Waals surface area contributed by atoms with Crippen LogP contribution in [0.5, 0.6) is 0 Å². The van der Waals surface area contributed by atoms with E-state index in [1.807, 2.05) is 0 Å². The summed E-state index contributed by atoms with van der Waals surface area (Å²) in [5.41, 5.74) is 1.32. The maximum absolute atomic E-state index is 13.0. The molecule has 0 bridgehead atoms. The first-order chi connectivity index (χ1) is 6.36. The normalized spacial score (nSPS) is 28.2. The van der Waals surface area contributed by atoms with Crippen molar-refractivity contribution in [3.05, 3.63) is 35.7 Å². The number of allylic oxidation sites excluding steroid dienone is 6. The van der Waals surface area contributed by atoms with E-state index in [-0.39, 0.29) is 5.83 Å². The Morgan fingerprint density at radius 2 is 2.23 bits per heavy atom. The molecule has 0 spiro atoms. The summed E-state index contributed by atoms with van der Waals surface area (Å²) in [5.74, 6) is 0.432. The minimum atomic E-state index is 0.0797. The Morgan fingerprint density at radius 1 is 1.31 bits per heavy atom. The van der Waals surface area contributed by atoms with Crippen LogP contribution in [0.25, 0.3) is 0 Å². The molecule has 0 aromatic carbocycles. The van der Waals surface area contributed by atoms with Gasteiger partial charge in [0.15, 0.2) is 0 Å². The number of rotatable bonds is 1. The number of halogens is 1. The van der Waals surface area contributed by atoms with Crippen molar-refractivity contribution in [1.82, 2.24) is 0 Å². The molecule has 0 aliphatic heterocycles. The third-order valence-corrected chi connectivity index (χ3v) is 2.76. The molecule has 2 aliphatic carbocycles. The third kappa shape index (κ3) is 2.09. The molecule has 1 unspecified atom stereocenters. The fourth-order valence-electron chi connectivity index (χ4n) is 2.05. The summed E-state index contributed by atoms with van der Waals surface area (Å²) >= 11 is 0. The van der Waals surface area contributed by atoms with Gasteiger partial charge in [0.25, 0.3) is 0 Å². The van der Waals surface area contributed by atoms with Crippen molar-refractivity contribution in [2.45, 2.75) is 32.1 Å². The molecule has 0 saturated heterocycles. The molecule has 0 N–H and O–H groups in total. The lowest BCUT2D eigenvalue weighted by Crippen LogP contribution is -2.06. The van der Waals surface area contributed by atoms with Gasteiger partial charge in [-0.1, -0.05) is 18.2 Å². The molecular formula is C12H15F. The van der Waals surface area contributed by atoms with Crippen molar-refractivity contribution < 1.29 is 4.39 Å². The molecule has 0 nitrogen and oxygen atoms in total. The van der Waals surface area contributed by atoms with Gasteiger partial charge in [0.1, 0.15) is 0 Å². The lowest BCUT2D eigenvalue weighted by molar-refractivity contribution is 0.492. The van der Waals surface area contributed by atoms with Gasteiger partial charge < -0.3 is 0 Å². The maximum Gasteiger partial charge on any atom is 0.0966 e. The van der Waals surface area contributed by atoms with E-state index >= 15 is 0 Å². The van der Waals surface area contributed by atoms with Gasteiger partial charge in [-0.05, 0) is 43.8 Å². The van der Waals surface area contributed by atoms with Crippen LogP contribution in [0.3, 0.4) is 0 Å². The zero-order valence-electron chi connectivity index (χ0n) is 7.80. The Bertz CT molecular complexity index is 271. The SMILES string of the molecule is FC1=CC(C2=CCCC=C2)CCC1. The van der Waals surface area contributed by atoms with E-state index in [0.717, 1.165) is 25.7 Å². The molecule has 2 rings (SSSR count). The summed E-state index contributed by atoms with van der Waals surface area (Å²) in [6.45, 7) is 0. The van der Waals surface area contributed by atoms with Gasteiger partial charge in [-0.2, -0.15) is 0 Å². The molecule has 0 amide bonds. The van der Waals surface area contributed by atoms with Crippen LogP contribution in [-0.4, -0.2) is 0 Å². The molecule has 13 heavy (non-hydrogen) atoms. The van der Waals surface area contributed by atoms with Crippen LogP contribution in [0.4, 0.5) is 4.39 Å². The quantitative estimate of drug-likeness (QED) is 0.571. The highest BCUT2D eigenvalue weighted by atomic mass is 19.1. The zero-order valence-corrected chi connectivity index (χ0v) is 7.80. The monoisotopic (exact) mass is 178 g/mol. The van der Waals surface area contributed by atoms with Gasteiger partial charge in [0, 0.05) is 5.92 Å². The molecule has 0 heterocycles. The zero-order chi connectivity index (χ0) is 9.10. The molecule has 0 radical (unpaired) electrons. The summed E-state index contributed by atoms with van der Waals surface area (Å²) in [6, 6.07) is 0. The van der Waals surface area contributed by atoms with Gasteiger partial charge in [-0.25, -0.2) is 4.39 Å². The topological polar surface area (TPSA) is 0 Å². The number of hydrogen-bond donors (Lipinski definition) is 0. The van der Waals surface area contributed by atoms with Crippen LogP contribution in [0, 0.1) is 5.92 Å². The first-order valence-electron chi connectivity index (χ1n) is 5.09. The summed E-state index contributed by atoms with van der Waals surface area (Å²) in [5, 5.41) is 0. The summed E-state index contributed by atoms with van der Waals surface area (Å²) < 4.78 is 13.0. The van der Waals surface area contributed by atoms with E-state index in [2.05, 4.69) is 18.2 Å². The molecule has 0 fully saturated rings. The van der Waals surface area contributed by atoms with Crippen molar-refractivity contribution in [3.63, 3.8) is 0 Å². The Morgan fingerprint density at radius 3 is 2.92 bits per heavy atom. The minimum Gasteiger partial charge on any atom is -0.212 e. The molecule has 1 atom stereocenters. The van der Waals surface area contributed by atoms with Crippen LogP contribution in [-0.2, 0) is 0 Å². The lowest BCUT2D eigenvalue weighted by Gasteiger charge is -2.20. The van der Waals surface area contributed by atoms with Crippen LogP contribution in [0.1, 0.15) is 32.1 Å². The summed E-state index contributed by atoms with van der Waals surface area (Å²) in [6.07, 6.45) is 13.4. The second-order valence-corrected chi connectivity index (χ2v) is 3.80. The van der Waals surface area contributed by atoms with Crippen LogP contribution in [0.2, 0.25) is 0 Å². The van der Waals surface area contributed by atoms with Gasteiger partial charge in [0.05, 0.1) is 5.83 Å². The predicted molar refractivity (Wildman–Crippen MR) is 53.0 cm³/mol. The molecule has 70 valence electrons. The Hall–Kier alpha value is -0.850. The van der Waals surface area contributed by atoms with E-state index in [0.29, 0.717) is 12.3 Å². The standard InChI is InChI=1S/C12H15F/c13-12-8-4-7-11(9-12)10-5-2-1-3-6-10/h2,5-6,9,11H,1,3-4,7-8H2. The summed E-state index contributed by atoms with van der Waals surface area (Å²) in [4.78, 5) is 0. The second-order valence-electron chi connectivity index (χ2n) is 3.80. The van der Waals surface area contributed by atoms with E-state index in [1.54, 1.807) is 6.08 Å². The maximum atomic E-state index is 13.0. The highest BCUT2D eigenvalue weighted by Crippen LogP contribution is 2.31. The molecule has 0 aromatic heterocycles. The predicted octanol–water partition coefficient (Wildman–Crippen LogP) is 3.92. The first-order valence-corrected chi connectivity index (χ1v) is 5.09. The minimum absolute atomic E-state index is 0.0797.